The maximum atomic E-state index is 6.07. The Morgan fingerprint density at radius 1 is 1.10 bits per heavy atom. The summed E-state index contributed by atoms with van der Waals surface area (Å²) in [6.07, 6.45) is 0. The van der Waals surface area contributed by atoms with E-state index in [9.17, 15) is 0 Å². The summed E-state index contributed by atoms with van der Waals surface area (Å²) in [7, 11) is 0. The Morgan fingerprint density at radius 3 is 2.45 bits per heavy atom. The largest absolute Gasteiger partial charge is 0.399 e. The van der Waals surface area contributed by atoms with Crippen LogP contribution in [0.4, 0.5) is 11.4 Å². The number of nitrogen functional groups attached to an aromatic ring is 2. The van der Waals surface area contributed by atoms with Gasteiger partial charge in [0.15, 0.2) is 0 Å². The first-order valence-electron chi connectivity index (χ1n) is 6.40. The summed E-state index contributed by atoms with van der Waals surface area (Å²) in [5.74, 6) is 0.851. The molecule has 2 aromatic carbocycles. The van der Waals surface area contributed by atoms with Gasteiger partial charge in [-0.3, -0.25) is 0 Å². The molecule has 1 heterocycles. The van der Waals surface area contributed by atoms with Crippen molar-refractivity contribution >= 4 is 34.0 Å². The summed E-state index contributed by atoms with van der Waals surface area (Å²) in [6.45, 7) is 2.86. The van der Waals surface area contributed by atoms with Crippen molar-refractivity contribution in [3.05, 3.63) is 41.4 Å². The van der Waals surface area contributed by atoms with E-state index in [-0.39, 0.29) is 0 Å². The molecule has 0 atom stereocenters. The Hall–Kier alpha value is -2.20. The van der Waals surface area contributed by atoms with Gasteiger partial charge in [0.25, 0.3) is 0 Å². The van der Waals surface area contributed by atoms with E-state index in [1.807, 2.05) is 30.3 Å². The topological polar surface area (TPSA) is 69.9 Å². The predicted molar refractivity (Wildman–Crippen MR) is 84.7 cm³/mol. The average molecular weight is 287 g/mol. The van der Waals surface area contributed by atoms with Crippen LogP contribution in [0.5, 0.6) is 0 Å². The van der Waals surface area contributed by atoms with E-state index in [4.69, 9.17) is 23.1 Å². The molecule has 1 aromatic heterocycles. The smallest absolute Gasteiger partial charge is 0.141 e. The van der Waals surface area contributed by atoms with Crippen LogP contribution in [-0.4, -0.2) is 9.55 Å². The maximum Gasteiger partial charge on any atom is 0.141 e. The number of fused-ring (bicyclic) bond motifs is 1. The lowest BCUT2D eigenvalue weighted by Gasteiger charge is -2.08. The molecule has 0 aliphatic heterocycles. The molecule has 0 fully saturated rings. The highest BCUT2D eigenvalue weighted by atomic mass is 35.5. The number of halogens is 1. The lowest BCUT2D eigenvalue weighted by Crippen LogP contribution is -1.99. The third-order valence-corrected chi connectivity index (χ3v) is 3.50. The van der Waals surface area contributed by atoms with Crippen molar-refractivity contribution in [2.75, 3.05) is 11.5 Å². The number of benzene rings is 2. The minimum atomic E-state index is 0.632. The molecule has 0 amide bonds. The number of aryl methyl sites for hydroxylation is 1. The number of hydrogen-bond acceptors (Lipinski definition) is 3. The minimum Gasteiger partial charge on any atom is -0.399 e. The van der Waals surface area contributed by atoms with Gasteiger partial charge in [-0.25, -0.2) is 4.98 Å². The fraction of sp³-hybridized carbons (Fsp3) is 0.133. The van der Waals surface area contributed by atoms with E-state index in [0.717, 1.165) is 29.0 Å². The maximum absolute atomic E-state index is 6.07. The van der Waals surface area contributed by atoms with E-state index < -0.39 is 0 Å². The first kappa shape index (κ1) is 12.8. The van der Waals surface area contributed by atoms with Crippen LogP contribution >= 0.6 is 11.6 Å². The molecule has 3 aromatic rings. The average Bonchev–Trinajstić information content (AvgIpc) is 2.75. The Labute approximate surface area is 122 Å². The van der Waals surface area contributed by atoms with Gasteiger partial charge in [-0.15, -0.1) is 0 Å². The van der Waals surface area contributed by atoms with Gasteiger partial charge in [0.1, 0.15) is 5.82 Å². The number of aromatic nitrogens is 2. The molecular formula is C15H15ClN4. The third kappa shape index (κ3) is 2.08. The molecular weight excluding hydrogens is 272 g/mol. The summed E-state index contributed by atoms with van der Waals surface area (Å²) < 4.78 is 2.11. The van der Waals surface area contributed by atoms with Crippen LogP contribution in [0.2, 0.25) is 5.02 Å². The van der Waals surface area contributed by atoms with Crippen LogP contribution in [0, 0.1) is 0 Å². The molecule has 0 bridgehead atoms. The normalized spacial score (nSPS) is 11.1. The van der Waals surface area contributed by atoms with Crippen LogP contribution in [0.1, 0.15) is 6.92 Å². The summed E-state index contributed by atoms with van der Waals surface area (Å²) >= 11 is 6.07. The second-order valence-corrected chi connectivity index (χ2v) is 5.14. The van der Waals surface area contributed by atoms with Gasteiger partial charge in [0.2, 0.25) is 0 Å². The lowest BCUT2D eigenvalue weighted by molar-refractivity contribution is 0.796. The minimum absolute atomic E-state index is 0.632. The Morgan fingerprint density at radius 2 is 1.80 bits per heavy atom. The highest BCUT2D eigenvalue weighted by molar-refractivity contribution is 6.31. The first-order chi connectivity index (χ1) is 9.58. The molecule has 102 valence electrons. The SMILES string of the molecule is CCn1c(-c2cc(N)cc(N)c2)nc2ccc(Cl)cc21. The van der Waals surface area contributed by atoms with Gasteiger partial charge in [0, 0.05) is 28.5 Å². The molecule has 0 aliphatic rings. The summed E-state index contributed by atoms with van der Waals surface area (Å²) in [6, 6.07) is 11.2. The van der Waals surface area contributed by atoms with Gasteiger partial charge in [-0.05, 0) is 43.3 Å². The highest BCUT2D eigenvalue weighted by Gasteiger charge is 2.12. The van der Waals surface area contributed by atoms with Gasteiger partial charge in [0.05, 0.1) is 11.0 Å². The number of nitrogens with zero attached hydrogens (tertiary/aromatic N) is 2. The summed E-state index contributed by atoms with van der Waals surface area (Å²) in [4.78, 5) is 4.67. The van der Waals surface area contributed by atoms with Crippen molar-refractivity contribution in [2.24, 2.45) is 0 Å². The van der Waals surface area contributed by atoms with Gasteiger partial charge < -0.3 is 16.0 Å². The zero-order chi connectivity index (χ0) is 14.3. The number of rotatable bonds is 2. The second-order valence-electron chi connectivity index (χ2n) is 4.70. The molecule has 3 rings (SSSR count). The van der Waals surface area contributed by atoms with Crippen LogP contribution in [-0.2, 0) is 6.54 Å². The lowest BCUT2D eigenvalue weighted by atomic mass is 10.1. The molecule has 0 aliphatic carbocycles. The van der Waals surface area contributed by atoms with E-state index in [0.29, 0.717) is 16.4 Å². The van der Waals surface area contributed by atoms with Gasteiger partial charge in [-0.2, -0.15) is 0 Å². The van der Waals surface area contributed by atoms with Crippen LogP contribution in [0.15, 0.2) is 36.4 Å². The van der Waals surface area contributed by atoms with E-state index in [2.05, 4.69) is 16.5 Å². The summed E-state index contributed by atoms with van der Waals surface area (Å²) in [5, 5.41) is 0.700. The highest BCUT2D eigenvalue weighted by Crippen LogP contribution is 2.29. The number of hydrogen-bond donors (Lipinski definition) is 2. The van der Waals surface area contributed by atoms with E-state index in [1.165, 1.54) is 0 Å². The fourth-order valence-electron chi connectivity index (χ4n) is 2.44. The molecule has 20 heavy (non-hydrogen) atoms. The zero-order valence-corrected chi connectivity index (χ0v) is 11.9. The summed E-state index contributed by atoms with van der Waals surface area (Å²) in [5.41, 5.74) is 15.8. The number of nitrogens with two attached hydrogens (primary N) is 2. The first-order valence-corrected chi connectivity index (χ1v) is 6.78. The molecule has 0 unspecified atom stereocenters. The van der Waals surface area contributed by atoms with Crippen LogP contribution in [0.25, 0.3) is 22.4 Å². The fourth-order valence-corrected chi connectivity index (χ4v) is 2.61. The molecule has 0 saturated heterocycles. The Balaban J connectivity index is 2.30. The molecule has 0 radical (unpaired) electrons. The van der Waals surface area contributed by atoms with E-state index in [1.54, 1.807) is 6.07 Å². The van der Waals surface area contributed by atoms with Crippen molar-refractivity contribution in [1.82, 2.24) is 9.55 Å². The molecule has 0 spiro atoms. The Kier molecular flexibility index (Phi) is 3.03. The van der Waals surface area contributed by atoms with Gasteiger partial charge >= 0.3 is 0 Å². The van der Waals surface area contributed by atoms with Crippen LogP contribution < -0.4 is 11.5 Å². The van der Waals surface area contributed by atoms with Gasteiger partial charge in [-0.1, -0.05) is 11.6 Å². The van der Waals surface area contributed by atoms with Crippen molar-refractivity contribution < 1.29 is 0 Å². The monoisotopic (exact) mass is 286 g/mol. The standard InChI is InChI=1S/C15H15ClN4/c1-2-20-14-7-10(16)3-4-13(14)19-15(20)9-5-11(17)8-12(18)6-9/h3-8H,2,17-18H2,1H3. The quantitative estimate of drug-likeness (QED) is 0.708. The molecule has 0 saturated carbocycles. The van der Waals surface area contributed by atoms with E-state index >= 15 is 0 Å². The van der Waals surface area contributed by atoms with Crippen molar-refractivity contribution in [2.45, 2.75) is 13.5 Å². The van der Waals surface area contributed by atoms with Crippen molar-refractivity contribution in [3.8, 4) is 11.4 Å². The molecule has 4 N–H and O–H groups in total. The number of imidazole rings is 1. The third-order valence-electron chi connectivity index (χ3n) is 3.26. The second kappa shape index (κ2) is 4.72. The van der Waals surface area contributed by atoms with Crippen molar-refractivity contribution in [3.63, 3.8) is 0 Å². The van der Waals surface area contributed by atoms with Crippen molar-refractivity contribution in [1.29, 1.82) is 0 Å². The Bertz CT molecular complexity index is 772. The van der Waals surface area contributed by atoms with Crippen LogP contribution in [0.3, 0.4) is 0 Å². The number of anilines is 2. The predicted octanol–water partition coefficient (Wildman–Crippen LogP) is 3.54. The molecule has 5 heteroatoms. The molecule has 4 nitrogen and oxygen atoms in total. The zero-order valence-electron chi connectivity index (χ0n) is 11.1.